The Morgan fingerprint density at radius 2 is 1.18 bits per heavy atom. The van der Waals surface area contributed by atoms with E-state index in [-0.39, 0.29) is 0 Å². The maximum atomic E-state index is 5.42. The van der Waals surface area contributed by atoms with Crippen molar-refractivity contribution in [1.82, 2.24) is 4.90 Å². The third kappa shape index (κ3) is 2.55. The lowest BCUT2D eigenvalue weighted by molar-refractivity contribution is 0.173. The van der Waals surface area contributed by atoms with E-state index in [2.05, 4.69) is 24.1 Å². The Balaban J connectivity index is 1.43. The molecule has 2 aromatic carbocycles. The minimum absolute atomic E-state index is 0.311. The van der Waals surface area contributed by atoms with Gasteiger partial charge in [0, 0.05) is 13.1 Å². The zero-order valence-corrected chi connectivity index (χ0v) is 12.4. The third-order valence-corrected chi connectivity index (χ3v) is 3.78. The molecule has 2 aliphatic rings. The van der Waals surface area contributed by atoms with E-state index in [0.717, 1.165) is 36.1 Å². The van der Waals surface area contributed by atoms with Crippen LogP contribution in [0.4, 0.5) is 0 Å². The molecule has 0 fully saturated rings. The average molecular weight is 299 g/mol. The van der Waals surface area contributed by atoms with Crippen LogP contribution in [0, 0.1) is 0 Å². The van der Waals surface area contributed by atoms with Gasteiger partial charge in [-0.3, -0.25) is 4.90 Å². The SMILES string of the molecule is CN(Cc1ccc2c(c1)OCO2)Cc1ccc2c(c1)OCO2. The third-order valence-electron chi connectivity index (χ3n) is 3.78. The Bertz CT molecular complexity index is 642. The molecule has 5 heteroatoms. The van der Waals surface area contributed by atoms with Crippen LogP contribution in [0.15, 0.2) is 36.4 Å². The quantitative estimate of drug-likeness (QED) is 0.868. The van der Waals surface area contributed by atoms with Gasteiger partial charge in [-0.1, -0.05) is 12.1 Å². The highest BCUT2D eigenvalue weighted by atomic mass is 16.7. The summed E-state index contributed by atoms with van der Waals surface area (Å²) in [5.41, 5.74) is 2.40. The maximum Gasteiger partial charge on any atom is 0.231 e. The number of hydrogen-bond acceptors (Lipinski definition) is 5. The van der Waals surface area contributed by atoms with E-state index in [9.17, 15) is 0 Å². The van der Waals surface area contributed by atoms with Gasteiger partial charge in [-0.15, -0.1) is 0 Å². The van der Waals surface area contributed by atoms with Gasteiger partial charge < -0.3 is 18.9 Å². The van der Waals surface area contributed by atoms with E-state index >= 15 is 0 Å². The van der Waals surface area contributed by atoms with Crippen LogP contribution in [-0.2, 0) is 13.1 Å². The molecule has 0 bridgehead atoms. The smallest absolute Gasteiger partial charge is 0.231 e. The summed E-state index contributed by atoms with van der Waals surface area (Å²) in [7, 11) is 2.09. The van der Waals surface area contributed by atoms with Gasteiger partial charge in [-0.05, 0) is 42.4 Å². The van der Waals surface area contributed by atoms with Gasteiger partial charge in [0.25, 0.3) is 0 Å². The predicted octanol–water partition coefficient (Wildman–Crippen LogP) is 2.78. The van der Waals surface area contributed by atoms with Crippen LogP contribution in [0.25, 0.3) is 0 Å². The molecule has 22 heavy (non-hydrogen) atoms. The Morgan fingerprint density at radius 1 is 0.727 bits per heavy atom. The highest BCUT2D eigenvalue weighted by molar-refractivity contribution is 5.45. The molecule has 114 valence electrons. The van der Waals surface area contributed by atoms with Crippen molar-refractivity contribution in [2.24, 2.45) is 0 Å². The zero-order valence-electron chi connectivity index (χ0n) is 12.4. The monoisotopic (exact) mass is 299 g/mol. The molecule has 2 aromatic rings. The summed E-state index contributed by atoms with van der Waals surface area (Å²) in [6, 6.07) is 12.2. The van der Waals surface area contributed by atoms with E-state index in [1.54, 1.807) is 0 Å². The summed E-state index contributed by atoms with van der Waals surface area (Å²) in [6.07, 6.45) is 0. The summed E-state index contributed by atoms with van der Waals surface area (Å²) in [5.74, 6) is 3.30. The molecule has 0 atom stereocenters. The lowest BCUT2D eigenvalue weighted by Crippen LogP contribution is -2.17. The first-order valence-corrected chi connectivity index (χ1v) is 7.23. The van der Waals surface area contributed by atoms with Crippen LogP contribution in [0.5, 0.6) is 23.0 Å². The van der Waals surface area contributed by atoms with Crippen LogP contribution in [0.3, 0.4) is 0 Å². The van der Waals surface area contributed by atoms with Crippen LogP contribution in [0.2, 0.25) is 0 Å². The molecular weight excluding hydrogens is 282 g/mol. The van der Waals surface area contributed by atoms with Gasteiger partial charge in [0.05, 0.1) is 0 Å². The fourth-order valence-corrected chi connectivity index (χ4v) is 2.76. The van der Waals surface area contributed by atoms with Crippen molar-refractivity contribution in [3.05, 3.63) is 47.5 Å². The number of nitrogens with zero attached hydrogens (tertiary/aromatic N) is 1. The molecule has 2 heterocycles. The van der Waals surface area contributed by atoms with Crippen molar-refractivity contribution in [3.63, 3.8) is 0 Å². The van der Waals surface area contributed by atoms with Crippen molar-refractivity contribution in [2.75, 3.05) is 20.6 Å². The summed E-state index contributed by atoms with van der Waals surface area (Å²) in [6.45, 7) is 2.30. The second-order valence-electron chi connectivity index (χ2n) is 5.55. The molecule has 0 spiro atoms. The minimum atomic E-state index is 0.311. The molecule has 0 amide bonds. The molecule has 5 nitrogen and oxygen atoms in total. The Labute approximate surface area is 129 Å². The molecular formula is C17H17NO4. The lowest BCUT2D eigenvalue weighted by Gasteiger charge is -2.17. The van der Waals surface area contributed by atoms with Crippen molar-refractivity contribution in [2.45, 2.75) is 13.1 Å². The number of fused-ring (bicyclic) bond motifs is 2. The van der Waals surface area contributed by atoms with E-state index in [4.69, 9.17) is 18.9 Å². The van der Waals surface area contributed by atoms with E-state index in [1.165, 1.54) is 11.1 Å². The normalized spacial score (nSPS) is 14.6. The van der Waals surface area contributed by atoms with Gasteiger partial charge in [0.2, 0.25) is 13.6 Å². The van der Waals surface area contributed by atoms with Gasteiger partial charge in [-0.2, -0.15) is 0 Å². The van der Waals surface area contributed by atoms with Gasteiger partial charge in [0.15, 0.2) is 23.0 Å². The number of rotatable bonds is 4. The van der Waals surface area contributed by atoms with Crippen molar-refractivity contribution >= 4 is 0 Å². The number of benzene rings is 2. The largest absolute Gasteiger partial charge is 0.454 e. The standard InChI is InChI=1S/C17H17NO4/c1-18(8-12-2-4-14-16(6-12)21-10-19-14)9-13-3-5-15-17(7-13)22-11-20-15/h2-7H,8-11H2,1H3. The van der Waals surface area contributed by atoms with Crippen LogP contribution in [0.1, 0.15) is 11.1 Å². The number of hydrogen-bond donors (Lipinski definition) is 0. The minimum Gasteiger partial charge on any atom is -0.454 e. The van der Waals surface area contributed by atoms with Gasteiger partial charge in [-0.25, -0.2) is 0 Å². The first-order valence-electron chi connectivity index (χ1n) is 7.23. The molecule has 0 unspecified atom stereocenters. The van der Waals surface area contributed by atoms with E-state index in [0.29, 0.717) is 13.6 Å². The molecule has 0 aromatic heterocycles. The fraction of sp³-hybridized carbons (Fsp3) is 0.294. The van der Waals surface area contributed by atoms with Crippen LogP contribution in [-0.4, -0.2) is 25.5 Å². The highest BCUT2D eigenvalue weighted by Crippen LogP contribution is 2.34. The maximum absolute atomic E-state index is 5.42. The van der Waals surface area contributed by atoms with E-state index < -0.39 is 0 Å². The summed E-state index contributed by atoms with van der Waals surface area (Å²) < 4.78 is 21.5. The van der Waals surface area contributed by atoms with Crippen LogP contribution >= 0.6 is 0 Å². The average Bonchev–Trinajstić information content (AvgIpc) is 3.14. The summed E-state index contributed by atoms with van der Waals surface area (Å²) >= 11 is 0. The first-order chi connectivity index (χ1) is 10.8. The zero-order chi connectivity index (χ0) is 14.9. The predicted molar refractivity (Wildman–Crippen MR) is 80.3 cm³/mol. The first kappa shape index (κ1) is 13.3. The molecule has 0 aliphatic carbocycles. The van der Waals surface area contributed by atoms with E-state index in [1.807, 2.05) is 24.3 Å². The Morgan fingerprint density at radius 3 is 1.68 bits per heavy atom. The summed E-state index contributed by atoms with van der Waals surface area (Å²) in [4.78, 5) is 2.25. The molecule has 0 saturated heterocycles. The lowest BCUT2D eigenvalue weighted by atomic mass is 10.1. The molecule has 0 radical (unpaired) electrons. The Hall–Kier alpha value is -2.40. The second kappa shape index (κ2) is 5.42. The highest BCUT2D eigenvalue weighted by Gasteiger charge is 2.15. The number of ether oxygens (including phenoxy) is 4. The topological polar surface area (TPSA) is 40.2 Å². The molecule has 4 rings (SSSR count). The Kier molecular flexibility index (Phi) is 3.27. The van der Waals surface area contributed by atoms with Gasteiger partial charge in [0.1, 0.15) is 0 Å². The van der Waals surface area contributed by atoms with Crippen molar-refractivity contribution in [1.29, 1.82) is 0 Å². The van der Waals surface area contributed by atoms with Crippen LogP contribution < -0.4 is 18.9 Å². The molecule has 0 N–H and O–H groups in total. The summed E-state index contributed by atoms with van der Waals surface area (Å²) in [5, 5.41) is 0. The molecule has 2 aliphatic heterocycles. The van der Waals surface area contributed by atoms with Crippen molar-refractivity contribution < 1.29 is 18.9 Å². The fourth-order valence-electron chi connectivity index (χ4n) is 2.76. The van der Waals surface area contributed by atoms with Gasteiger partial charge >= 0.3 is 0 Å². The molecule has 0 saturated carbocycles. The second-order valence-corrected chi connectivity index (χ2v) is 5.55. The van der Waals surface area contributed by atoms with Crippen molar-refractivity contribution in [3.8, 4) is 23.0 Å².